The summed E-state index contributed by atoms with van der Waals surface area (Å²) in [4.78, 5) is 0. The molecular formula is C15H19N. The van der Waals surface area contributed by atoms with Crippen LogP contribution in [-0.4, -0.2) is 0 Å². The Bertz CT molecular complexity index is 476. The van der Waals surface area contributed by atoms with E-state index in [0.717, 1.165) is 29.4 Å². The van der Waals surface area contributed by atoms with Gasteiger partial charge in [-0.25, -0.2) is 0 Å². The summed E-state index contributed by atoms with van der Waals surface area (Å²) in [6.07, 6.45) is 2.86. The topological polar surface area (TPSA) is 26.0 Å². The van der Waals surface area contributed by atoms with Gasteiger partial charge in [0.15, 0.2) is 0 Å². The number of nitrogens with two attached hydrogens (primary N) is 1. The zero-order chi connectivity index (χ0) is 11.1. The van der Waals surface area contributed by atoms with E-state index in [-0.39, 0.29) is 0 Å². The molecule has 1 aromatic carbocycles. The summed E-state index contributed by atoms with van der Waals surface area (Å²) in [6, 6.07) is 6.56. The fraction of sp³-hybridized carbons (Fsp3) is 0.600. The molecule has 4 atom stereocenters. The van der Waals surface area contributed by atoms with Crippen molar-refractivity contribution in [1.82, 2.24) is 0 Å². The van der Waals surface area contributed by atoms with Crippen LogP contribution in [0.2, 0.25) is 0 Å². The van der Waals surface area contributed by atoms with E-state index < -0.39 is 0 Å². The number of fused-ring (bicyclic) bond motifs is 1. The molecule has 0 spiro atoms. The van der Waals surface area contributed by atoms with Crippen molar-refractivity contribution in [3.05, 3.63) is 29.3 Å². The maximum Gasteiger partial charge on any atom is 0.0352 e. The Hall–Kier alpha value is -0.980. The van der Waals surface area contributed by atoms with Gasteiger partial charge >= 0.3 is 0 Å². The summed E-state index contributed by atoms with van der Waals surface area (Å²) in [7, 11) is 0. The second-order valence-electron chi connectivity index (χ2n) is 6.39. The third-order valence-corrected chi connectivity index (χ3v) is 5.81. The second-order valence-corrected chi connectivity index (χ2v) is 6.39. The highest BCUT2D eigenvalue weighted by molar-refractivity contribution is 5.61. The lowest BCUT2D eigenvalue weighted by Gasteiger charge is -2.50. The molecule has 3 saturated carbocycles. The van der Waals surface area contributed by atoms with E-state index in [9.17, 15) is 0 Å². The van der Waals surface area contributed by atoms with Crippen molar-refractivity contribution in [3.8, 4) is 0 Å². The summed E-state index contributed by atoms with van der Waals surface area (Å²) < 4.78 is 0. The first-order valence-electron chi connectivity index (χ1n) is 6.53. The molecule has 1 nitrogen and oxygen atoms in total. The van der Waals surface area contributed by atoms with E-state index in [1.165, 1.54) is 18.4 Å². The Morgan fingerprint density at radius 1 is 1.31 bits per heavy atom. The number of benzene rings is 1. The molecule has 0 aromatic heterocycles. The molecule has 16 heavy (non-hydrogen) atoms. The van der Waals surface area contributed by atoms with Gasteiger partial charge in [-0.3, -0.25) is 0 Å². The van der Waals surface area contributed by atoms with E-state index in [2.05, 4.69) is 32.0 Å². The third-order valence-electron chi connectivity index (χ3n) is 5.81. The average molecular weight is 213 g/mol. The van der Waals surface area contributed by atoms with Crippen molar-refractivity contribution in [2.75, 3.05) is 5.73 Å². The highest BCUT2D eigenvalue weighted by atomic mass is 14.7. The Labute approximate surface area is 97.0 Å². The molecule has 0 aliphatic heterocycles. The van der Waals surface area contributed by atoms with Crippen LogP contribution in [0.3, 0.4) is 0 Å². The maximum atomic E-state index is 6.16. The van der Waals surface area contributed by atoms with Crippen LogP contribution in [-0.2, 0) is 0 Å². The molecule has 4 aliphatic carbocycles. The Kier molecular flexibility index (Phi) is 1.40. The molecule has 4 aliphatic rings. The fourth-order valence-electron chi connectivity index (χ4n) is 5.08. The first-order valence-corrected chi connectivity index (χ1v) is 6.53. The summed E-state index contributed by atoms with van der Waals surface area (Å²) in [6.45, 7) is 4.81. The predicted octanol–water partition coefficient (Wildman–Crippen LogP) is 3.52. The van der Waals surface area contributed by atoms with E-state index >= 15 is 0 Å². The maximum absolute atomic E-state index is 6.16. The summed E-state index contributed by atoms with van der Waals surface area (Å²) in [5.74, 6) is 3.40. The summed E-state index contributed by atoms with van der Waals surface area (Å²) in [5, 5.41) is 0. The predicted molar refractivity (Wildman–Crippen MR) is 66.3 cm³/mol. The van der Waals surface area contributed by atoms with Gasteiger partial charge in [0.2, 0.25) is 0 Å². The molecule has 0 saturated heterocycles. The highest BCUT2D eigenvalue weighted by Crippen LogP contribution is 2.80. The van der Waals surface area contributed by atoms with Crippen molar-refractivity contribution >= 4 is 5.69 Å². The van der Waals surface area contributed by atoms with Gasteiger partial charge in [-0.2, -0.15) is 0 Å². The van der Waals surface area contributed by atoms with Crippen LogP contribution in [0, 0.1) is 17.3 Å². The van der Waals surface area contributed by atoms with Crippen molar-refractivity contribution in [2.45, 2.75) is 38.5 Å². The molecule has 0 amide bonds. The van der Waals surface area contributed by atoms with E-state index in [0.29, 0.717) is 5.41 Å². The zero-order valence-electron chi connectivity index (χ0n) is 10.0. The number of anilines is 1. The molecule has 4 bridgehead atoms. The van der Waals surface area contributed by atoms with Crippen molar-refractivity contribution in [1.29, 1.82) is 0 Å². The molecule has 4 unspecified atom stereocenters. The first-order chi connectivity index (χ1) is 7.65. The number of rotatable bonds is 1. The molecule has 3 fully saturated rings. The van der Waals surface area contributed by atoms with Gasteiger partial charge < -0.3 is 5.73 Å². The monoisotopic (exact) mass is 213 g/mol. The standard InChI is InChI=1S/C15H19N/c1-8(2)15-6-10-11(7-15)14(15)9-4-3-5-12(16)13(9)10/h3-5,8,10-11,14H,6-7,16H2,1-2H3. The minimum Gasteiger partial charge on any atom is -0.398 e. The van der Waals surface area contributed by atoms with Gasteiger partial charge in [-0.1, -0.05) is 26.0 Å². The molecule has 0 radical (unpaired) electrons. The smallest absolute Gasteiger partial charge is 0.0352 e. The number of hydrogen-bond acceptors (Lipinski definition) is 1. The quantitative estimate of drug-likeness (QED) is 0.710. The minimum absolute atomic E-state index is 0.635. The van der Waals surface area contributed by atoms with Gasteiger partial charge in [-0.05, 0) is 59.1 Å². The Morgan fingerprint density at radius 2 is 2.12 bits per heavy atom. The van der Waals surface area contributed by atoms with E-state index in [1.54, 1.807) is 5.56 Å². The Morgan fingerprint density at radius 3 is 2.88 bits per heavy atom. The molecule has 1 aromatic rings. The van der Waals surface area contributed by atoms with Gasteiger partial charge in [-0.15, -0.1) is 0 Å². The molecule has 0 heterocycles. The van der Waals surface area contributed by atoms with Crippen LogP contribution in [0.4, 0.5) is 5.69 Å². The van der Waals surface area contributed by atoms with Crippen LogP contribution >= 0.6 is 0 Å². The van der Waals surface area contributed by atoms with Gasteiger partial charge in [0.25, 0.3) is 0 Å². The molecular weight excluding hydrogens is 194 g/mol. The van der Waals surface area contributed by atoms with Crippen LogP contribution in [0.15, 0.2) is 18.2 Å². The third kappa shape index (κ3) is 0.723. The van der Waals surface area contributed by atoms with Gasteiger partial charge in [0.1, 0.15) is 0 Å². The number of nitrogen functional groups attached to an aromatic ring is 1. The normalized spacial score (nSPS) is 42.3. The van der Waals surface area contributed by atoms with E-state index in [4.69, 9.17) is 5.73 Å². The lowest BCUT2D eigenvalue weighted by atomic mass is 9.54. The Balaban J connectivity index is 1.91. The minimum atomic E-state index is 0.635. The van der Waals surface area contributed by atoms with Crippen LogP contribution in [0.5, 0.6) is 0 Å². The van der Waals surface area contributed by atoms with Crippen LogP contribution in [0.1, 0.15) is 49.7 Å². The molecule has 2 N–H and O–H groups in total. The molecule has 1 heteroatoms. The zero-order valence-corrected chi connectivity index (χ0v) is 10.0. The van der Waals surface area contributed by atoms with Crippen molar-refractivity contribution in [2.24, 2.45) is 17.3 Å². The average Bonchev–Trinajstić information content (AvgIpc) is 2.78. The number of hydrogen-bond donors (Lipinski definition) is 1. The second kappa shape index (κ2) is 2.47. The van der Waals surface area contributed by atoms with Crippen LogP contribution in [0.25, 0.3) is 0 Å². The van der Waals surface area contributed by atoms with Crippen molar-refractivity contribution < 1.29 is 0 Å². The first kappa shape index (κ1) is 9.09. The largest absolute Gasteiger partial charge is 0.398 e. The van der Waals surface area contributed by atoms with Crippen molar-refractivity contribution in [3.63, 3.8) is 0 Å². The molecule has 84 valence electrons. The van der Waals surface area contributed by atoms with Gasteiger partial charge in [0, 0.05) is 5.69 Å². The lowest BCUT2D eigenvalue weighted by molar-refractivity contribution is 0.0448. The summed E-state index contributed by atoms with van der Waals surface area (Å²) in [5.41, 5.74) is 11.0. The molecule has 5 rings (SSSR count). The summed E-state index contributed by atoms with van der Waals surface area (Å²) >= 11 is 0. The van der Waals surface area contributed by atoms with E-state index in [1.807, 2.05) is 0 Å². The highest BCUT2D eigenvalue weighted by Gasteiger charge is 2.69. The lowest BCUT2D eigenvalue weighted by Crippen LogP contribution is -2.41. The van der Waals surface area contributed by atoms with Crippen LogP contribution < -0.4 is 5.73 Å². The fourth-order valence-corrected chi connectivity index (χ4v) is 5.08. The van der Waals surface area contributed by atoms with Gasteiger partial charge in [0.05, 0.1) is 0 Å². The SMILES string of the molecule is CC(C)C12CC3c4c(N)cccc4C1C3C2.